The van der Waals surface area contributed by atoms with Crippen molar-refractivity contribution >= 4 is 5.97 Å². The third-order valence-electron chi connectivity index (χ3n) is 1.93. The lowest BCUT2D eigenvalue weighted by Crippen LogP contribution is -2.23. The third-order valence-corrected chi connectivity index (χ3v) is 1.93. The summed E-state index contributed by atoms with van der Waals surface area (Å²) in [5.41, 5.74) is 1.08. The molecular formula is C10H8N3O2-. The van der Waals surface area contributed by atoms with Crippen molar-refractivity contribution < 1.29 is 9.90 Å². The first kappa shape index (κ1) is 9.39. The summed E-state index contributed by atoms with van der Waals surface area (Å²) >= 11 is 0. The first-order valence-corrected chi connectivity index (χ1v) is 4.33. The van der Waals surface area contributed by atoms with Crippen LogP contribution in [0.15, 0.2) is 30.7 Å². The largest absolute Gasteiger partial charge is 0.543 e. The van der Waals surface area contributed by atoms with Crippen LogP contribution < -0.4 is 5.11 Å². The molecule has 0 radical (unpaired) electrons. The molecule has 0 saturated carbocycles. The van der Waals surface area contributed by atoms with Crippen LogP contribution in [0.3, 0.4) is 0 Å². The summed E-state index contributed by atoms with van der Waals surface area (Å²) in [7, 11) is 1.83. The van der Waals surface area contributed by atoms with E-state index in [2.05, 4.69) is 9.97 Å². The Bertz CT molecular complexity index is 505. The van der Waals surface area contributed by atoms with Crippen molar-refractivity contribution in [1.82, 2.24) is 14.5 Å². The van der Waals surface area contributed by atoms with Gasteiger partial charge in [-0.05, 0) is 12.1 Å². The molecule has 0 spiro atoms. The van der Waals surface area contributed by atoms with Crippen molar-refractivity contribution in [3.63, 3.8) is 0 Å². The van der Waals surface area contributed by atoms with Gasteiger partial charge < -0.3 is 14.5 Å². The zero-order valence-electron chi connectivity index (χ0n) is 8.04. The highest BCUT2D eigenvalue weighted by atomic mass is 16.4. The minimum atomic E-state index is -1.28. The number of nitrogens with zero attached hydrogens (tertiary/aromatic N) is 3. The Balaban J connectivity index is 2.45. The number of carbonyl (C=O) groups excluding carboxylic acids is 1. The number of aromatic carboxylic acids is 1. The SMILES string of the molecule is Cn1cnc(-c2cccc(C(=O)[O-])n2)c1. The second kappa shape index (κ2) is 3.53. The highest BCUT2D eigenvalue weighted by Gasteiger charge is 2.03. The Morgan fingerprint density at radius 3 is 2.80 bits per heavy atom. The van der Waals surface area contributed by atoms with Gasteiger partial charge >= 0.3 is 0 Å². The molecule has 5 heteroatoms. The van der Waals surface area contributed by atoms with Crippen molar-refractivity contribution in [3.8, 4) is 11.4 Å². The van der Waals surface area contributed by atoms with Crippen molar-refractivity contribution in [2.75, 3.05) is 0 Å². The van der Waals surface area contributed by atoms with E-state index in [1.54, 1.807) is 29.2 Å². The minimum Gasteiger partial charge on any atom is -0.543 e. The van der Waals surface area contributed by atoms with Crippen LogP contribution in [-0.2, 0) is 7.05 Å². The van der Waals surface area contributed by atoms with Crippen LogP contribution in [0, 0.1) is 0 Å². The van der Waals surface area contributed by atoms with Crippen LogP contribution in [0.2, 0.25) is 0 Å². The molecule has 5 nitrogen and oxygen atoms in total. The molecule has 0 atom stereocenters. The number of hydrogen-bond acceptors (Lipinski definition) is 4. The number of carbonyl (C=O) groups is 1. The smallest absolute Gasteiger partial charge is 0.107 e. The summed E-state index contributed by atoms with van der Waals surface area (Å²) in [5, 5.41) is 10.6. The molecule has 0 amide bonds. The van der Waals surface area contributed by atoms with Gasteiger partial charge in [-0.25, -0.2) is 9.97 Å². The molecular weight excluding hydrogens is 194 g/mol. The predicted molar refractivity (Wildman–Crippen MR) is 50.8 cm³/mol. The van der Waals surface area contributed by atoms with Gasteiger partial charge in [0.1, 0.15) is 5.69 Å². The molecule has 0 aromatic carbocycles. The summed E-state index contributed by atoms with van der Waals surface area (Å²) in [6, 6.07) is 4.71. The van der Waals surface area contributed by atoms with Gasteiger partial charge in [-0.15, -0.1) is 0 Å². The van der Waals surface area contributed by atoms with Crippen LogP contribution in [0.5, 0.6) is 0 Å². The molecule has 2 aromatic rings. The van der Waals surface area contributed by atoms with Crippen LogP contribution >= 0.6 is 0 Å². The second-order valence-electron chi connectivity index (χ2n) is 3.12. The summed E-state index contributed by atoms with van der Waals surface area (Å²) in [6.45, 7) is 0. The Morgan fingerprint density at radius 2 is 2.20 bits per heavy atom. The fourth-order valence-electron chi connectivity index (χ4n) is 1.24. The molecule has 0 aliphatic heterocycles. The second-order valence-corrected chi connectivity index (χ2v) is 3.12. The fraction of sp³-hybridized carbons (Fsp3) is 0.100. The zero-order valence-corrected chi connectivity index (χ0v) is 8.04. The molecule has 2 aromatic heterocycles. The Hall–Kier alpha value is -2.17. The average molecular weight is 202 g/mol. The van der Waals surface area contributed by atoms with E-state index in [4.69, 9.17) is 0 Å². The van der Waals surface area contributed by atoms with Gasteiger partial charge in [0.05, 0.1) is 23.7 Å². The Morgan fingerprint density at radius 1 is 1.40 bits per heavy atom. The number of aromatic nitrogens is 3. The van der Waals surface area contributed by atoms with Crippen molar-refractivity contribution in [2.24, 2.45) is 7.05 Å². The van der Waals surface area contributed by atoms with Crippen LogP contribution in [0.4, 0.5) is 0 Å². The first-order chi connectivity index (χ1) is 7.16. The number of hydrogen-bond donors (Lipinski definition) is 0. The molecule has 0 unspecified atom stereocenters. The summed E-state index contributed by atoms with van der Waals surface area (Å²) in [5.74, 6) is -1.28. The molecule has 0 bridgehead atoms. The predicted octanol–water partition coefficient (Wildman–Crippen LogP) is -0.154. The summed E-state index contributed by atoms with van der Waals surface area (Å²) < 4.78 is 1.77. The van der Waals surface area contributed by atoms with Gasteiger partial charge in [-0.2, -0.15) is 0 Å². The summed E-state index contributed by atoms with van der Waals surface area (Å²) in [4.78, 5) is 18.6. The van der Waals surface area contributed by atoms with Gasteiger partial charge in [0.15, 0.2) is 0 Å². The molecule has 0 N–H and O–H groups in total. The van der Waals surface area contributed by atoms with E-state index in [1.165, 1.54) is 6.07 Å². The third kappa shape index (κ3) is 1.85. The van der Waals surface area contributed by atoms with Crippen LogP contribution in [-0.4, -0.2) is 20.5 Å². The quantitative estimate of drug-likeness (QED) is 0.678. The van der Waals surface area contributed by atoms with E-state index in [-0.39, 0.29) is 5.69 Å². The Kier molecular flexibility index (Phi) is 2.21. The van der Waals surface area contributed by atoms with Crippen molar-refractivity contribution in [1.29, 1.82) is 0 Å². The highest BCUT2D eigenvalue weighted by molar-refractivity contribution is 5.84. The maximum atomic E-state index is 10.6. The molecule has 15 heavy (non-hydrogen) atoms. The van der Waals surface area contributed by atoms with Gasteiger partial charge in [-0.3, -0.25) is 0 Å². The highest BCUT2D eigenvalue weighted by Crippen LogP contribution is 2.13. The molecule has 76 valence electrons. The monoisotopic (exact) mass is 202 g/mol. The molecule has 0 aliphatic rings. The lowest BCUT2D eigenvalue weighted by atomic mass is 10.2. The van der Waals surface area contributed by atoms with E-state index >= 15 is 0 Å². The lowest BCUT2D eigenvalue weighted by molar-refractivity contribution is -0.255. The fourth-order valence-corrected chi connectivity index (χ4v) is 1.24. The van der Waals surface area contributed by atoms with Crippen molar-refractivity contribution in [2.45, 2.75) is 0 Å². The van der Waals surface area contributed by atoms with Crippen LogP contribution in [0.25, 0.3) is 11.4 Å². The molecule has 2 rings (SSSR count). The van der Waals surface area contributed by atoms with Crippen LogP contribution in [0.1, 0.15) is 10.5 Å². The maximum absolute atomic E-state index is 10.6. The first-order valence-electron chi connectivity index (χ1n) is 4.33. The number of carboxylic acid groups (broad SMARTS) is 1. The standard InChI is InChI=1S/C10H9N3O2/c1-13-5-9(11-6-13)7-3-2-4-8(12-7)10(14)15/h2-6H,1H3,(H,14,15)/p-1. The topological polar surface area (TPSA) is 70.8 Å². The minimum absolute atomic E-state index is 0.0850. The zero-order chi connectivity index (χ0) is 10.8. The molecule has 0 aliphatic carbocycles. The number of pyridine rings is 1. The molecule has 2 heterocycles. The van der Waals surface area contributed by atoms with E-state index in [1.807, 2.05) is 7.05 Å². The summed E-state index contributed by atoms with van der Waals surface area (Å²) in [6.07, 6.45) is 3.39. The van der Waals surface area contributed by atoms with E-state index in [0.29, 0.717) is 11.4 Å². The van der Waals surface area contributed by atoms with E-state index in [0.717, 1.165) is 0 Å². The van der Waals surface area contributed by atoms with Gasteiger partial charge in [0, 0.05) is 13.2 Å². The maximum Gasteiger partial charge on any atom is 0.107 e. The van der Waals surface area contributed by atoms with Gasteiger partial charge in [0.25, 0.3) is 0 Å². The number of rotatable bonds is 2. The number of imidazole rings is 1. The number of aryl methyl sites for hydroxylation is 1. The number of carboxylic acids is 1. The van der Waals surface area contributed by atoms with Gasteiger partial charge in [-0.1, -0.05) is 6.07 Å². The molecule has 0 saturated heterocycles. The normalized spacial score (nSPS) is 10.2. The van der Waals surface area contributed by atoms with Crippen molar-refractivity contribution in [3.05, 3.63) is 36.4 Å². The average Bonchev–Trinajstić information content (AvgIpc) is 2.65. The van der Waals surface area contributed by atoms with E-state index < -0.39 is 5.97 Å². The Labute approximate surface area is 86.0 Å². The lowest BCUT2D eigenvalue weighted by Gasteiger charge is -2.02. The van der Waals surface area contributed by atoms with E-state index in [9.17, 15) is 9.90 Å². The van der Waals surface area contributed by atoms with Gasteiger partial charge in [0.2, 0.25) is 0 Å². The molecule has 0 fully saturated rings.